The fourth-order valence-corrected chi connectivity index (χ4v) is 2.84. The first-order valence-electron chi connectivity index (χ1n) is 6.53. The second-order valence-electron chi connectivity index (χ2n) is 5.36. The smallest absolute Gasteiger partial charge is 0.139 e. The van der Waals surface area contributed by atoms with Crippen molar-refractivity contribution in [3.8, 4) is 0 Å². The van der Waals surface area contributed by atoms with Gasteiger partial charge in [-0.1, -0.05) is 19.1 Å². The molecule has 1 aliphatic heterocycles. The van der Waals surface area contributed by atoms with Gasteiger partial charge in [0, 0.05) is 18.3 Å². The third kappa shape index (κ3) is 2.64. The molecule has 1 aromatic rings. The van der Waals surface area contributed by atoms with E-state index in [-0.39, 0.29) is 0 Å². The van der Waals surface area contributed by atoms with E-state index >= 15 is 0 Å². The first kappa shape index (κ1) is 13.3. The Hall–Kier alpha value is -1.16. The van der Waals surface area contributed by atoms with Crippen LogP contribution in [-0.4, -0.2) is 22.6 Å². The maximum absolute atomic E-state index is 5.81. The Labute approximate surface area is 114 Å². The predicted octanol–water partition coefficient (Wildman–Crippen LogP) is 2.65. The molecule has 2 N–H and O–H groups in total. The molecule has 0 aromatic carbocycles. The molecule has 1 aliphatic rings. The lowest BCUT2D eigenvalue weighted by Gasteiger charge is -2.38. The van der Waals surface area contributed by atoms with E-state index in [1.807, 2.05) is 19.1 Å². The average molecular weight is 263 g/mol. The Morgan fingerprint density at radius 1 is 1.44 bits per heavy atom. The van der Waals surface area contributed by atoms with Gasteiger partial charge in [-0.2, -0.15) is 0 Å². The molecule has 0 aliphatic carbocycles. The number of nitrogens with two attached hydrogens (primary N) is 1. The van der Waals surface area contributed by atoms with Crippen LogP contribution >= 0.6 is 12.2 Å². The molecule has 18 heavy (non-hydrogen) atoms. The lowest BCUT2D eigenvalue weighted by Crippen LogP contribution is -2.41. The van der Waals surface area contributed by atoms with Crippen LogP contribution in [0.2, 0.25) is 0 Å². The second kappa shape index (κ2) is 5.22. The molecule has 2 heterocycles. The van der Waals surface area contributed by atoms with Crippen LogP contribution < -0.4 is 10.6 Å². The second-order valence-corrected chi connectivity index (χ2v) is 5.80. The third-order valence-electron chi connectivity index (χ3n) is 3.69. The summed E-state index contributed by atoms with van der Waals surface area (Å²) in [5, 5.41) is 0. The SMILES string of the molecule is Cc1ccc(C(N)=S)c(N2CCC(C)CC2C)n1. The number of hydrogen-bond acceptors (Lipinski definition) is 3. The van der Waals surface area contributed by atoms with Gasteiger partial charge in [0.05, 0.1) is 5.56 Å². The molecule has 98 valence electrons. The first-order valence-corrected chi connectivity index (χ1v) is 6.94. The van der Waals surface area contributed by atoms with Crippen molar-refractivity contribution < 1.29 is 0 Å². The number of nitrogens with zero attached hydrogens (tertiary/aromatic N) is 2. The largest absolute Gasteiger partial charge is 0.389 e. The molecule has 0 radical (unpaired) electrons. The van der Waals surface area contributed by atoms with Gasteiger partial charge < -0.3 is 10.6 Å². The molecule has 0 saturated carbocycles. The Bertz CT molecular complexity index is 458. The highest BCUT2D eigenvalue weighted by Gasteiger charge is 2.26. The Morgan fingerprint density at radius 2 is 2.17 bits per heavy atom. The van der Waals surface area contributed by atoms with Crippen LogP contribution in [0.15, 0.2) is 12.1 Å². The lowest BCUT2D eigenvalue weighted by atomic mass is 9.93. The predicted molar refractivity (Wildman–Crippen MR) is 80.1 cm³/mol. The van der Waals surface area contributed by atoms with Crippen LogP contribution in [0, 0.1) is 12.8 Å². The summed E-state index contributed by atoms with van der Waals surface area (Å²) in [6.45, 7) is 7.60. The average Bonchev–Trinajstić information content (AvgIpc) is 2.28. The molecule has 2 unspecified atom stereocenters. The fourth-order valence-electron chi connectivity index (χ4n) is 2.68. The Kier molecular flexibility index (Phi) is 3.85. The summed E-state index contributed by atoms with van der Waals surface area (Å²) >= 11 is 5.14. The summed E-state index contributed by atoms with van der Waals surface area (Å²) in [5.41, 5.74) is 7.72. The van der Waals surface area contributed by atoms with E-state index in [9.17, 15) is 0 Å². The van der Waals surface area contributed by atoms with Crippen LogP contribution in [0.4, 0.5) is 5.82 Å². The summed E-state index contributed by atoms with van der Waals surface area (Å²) in [7, 11) is 0. The molecule has 0 amide bonds. The monoisotopic (exact) mass is 263 g/mol. The van der Waals surface area contributed by atoms with Crippen LogP contribution in [0.5, 0.6) is 0 Å². The first-order chi connectivity index (χ1) is 8.49. The van der Waals surface area contributed by atoms with Gasteiger partial charge in [0.1, 0.15) is 10.8 Å². The van der Waals surface area contributed by atoms with Crippen molar-refractivity contribution in [2.24, 2.45) is 11.7 Å². The van der Waals surface area contributed by atoms with E-state index in [2.05, 4.69) is 23.7 Å². The number of aromatic nitrogens is 1. The van der Waals surface area contributed by atoms with Crippen molar-refractivity contribution in [3.05, 3.63) is 23.4 Å². The van der Waals surface area contributed by atoms with Crippen LogP contribution in [0.1, 0.15) is 37.9 Å². The summed E-state index contributed by atoms with van der Waals surface area (Å²) in [6.07, 6.45) is 2.41. The van der Waals surface area contributed by atoms with Gasteiger partial charge in [0.15, 0.2) is 0 Å². The maximum Gasteiger partial charge on any atom is 0.139 e. The fraction of sp³-hybridized carbons (Fsp3) is 0.571. The van der Waals surface area contributed by atoms with E-state index in [0.29, 0.717) is 11.0 Å². The van der Waals surface area contributed by atoms with Crippen LogP contribution in [-0.2, 0) is 0 Å². The minimum atomic E-state index is 0.434. The number of thiocarbonyl (C=S) groups is 1. The van der Waals surface area contributed by atoms with Gasteiger partial charge in [-0.15, -0.1) is 0 Å². The molecule has 4 heteroatoms. The van der Waals surface area contributed by atoms with E-state index in [0.717, 1.165) is 29.5 Å². The summed E-state index contributed by atoms with van der Waals surface area (Å²) < 4.78 is 0. The van der Waals surface area contributed by atoms with Gasteiger partial charge in [0.25, 0.3) is 0 Å². The zero-order valence-electron chi connectivity index (χ0n) is 11.3. The van der Waals surface area contributed by atoms with Crippen molar-refractivity contribution in [3.63, 3.8) is 0 Å². The van der Waals surface area contributed by atoms with Crippen LogP contribution in [0.3, 0.4) is 0 Å². The lowest BCUT2D eigenvalue weighted by molar-refractivity contribution is 0.376. The number of aryl methyl sites for hydroxylation is 1. The number of pyridine rings is 1. The summed E-state index contributed by atoms with van der Waals surface area (Å²) in [5.74, 6) is 1.75. The molecule has 3 nitrogen and oxygen atoms in total. The third-order valence-corrected chi connectivity index (χ3v) is 3.91. The molecule has 1 saturated heterocycles. The van der Waals surface area contributed by atoms with Crippen molar-refractivity contribution >= 4 is 23.0 Å². The number of rotatable bonds is 2. The number of hydrogen-bond donors (Lipinski definition) is 1. The van der Waals surface area contributed by atoms with Gasteiger partial charge in [0.2, 0.25) is 0 Å². The maximum atomic E-state index is 5.81. The zero-order chi connectivity index (χ0) is 13.3. The molecule has 0 bridgehead atoms. The minimum absolute atomic E-state index is 0.434. The summed E-state index contributed by atoms with van der Waals surface area (Å²) in [4.78, 5) is 7.43. The van der Waals surface area contributed by atoms with Crippen molar-refractivity contribution in [1.29, 1.82) is 0 Å². The molecular formula is C14H21N3S. The van der Waals surface area contributed by atoms with Gasteiger partial charge in [-0.25, -0.2) is 4.98 Å². The van der Waals surface area contributed by atoms with E-state index in [1.54, 1.807) is 0 Å². The zero-order valence-corrected chi connectivity index (χ0v) is 12.1. The molecular weight excluding hydrogens is 242 g/mol. The van der Waals surface area contributed by atoms with Crippen molar-refractivity contribution in [1.82, 2.24) is 4.98 Å². The molecule has 2 atom stereocenters. The van der Waals surface area contributed by atoms with E-state index < -0.39 is 0 Å². The van der Waals surface area contributed by atoms with Gasteiger partial charge in [-0.3, -0.25) is 0 Å². The standard InChI is InChI=1S/C14H21N3S/c1-9-6-7-17(11(3)8-9)14-12(13(15)18)5-4-10(2)16-14/h4-5,9,11H,6-8H2,1-3H3,(H2,15,18). The molecule has 1 fully saturated rings. The van der Waals surface area contributed by atoms with Crippen molar-refractivity contribution in [2.45, 2.75) is 39.7 Å². The van der Waals surface area contributed by atoms with E-state index in [4.69, 9.17) is 18.0 Å². The van der Waals surface area contributed by atoms with Crippen molar-refractivity contribution in [2.75, 3.05) is 11.4 Å². The highest BCUT2D eigenvalue weighted by atomic mass is 32.1. The topological polar surface area (TPSA) is 42.1 Å². The Balaban J connectivity index is 2.37. The normalized spacial score (nSPS) is 24.1. The Morgan fingerprint density at radius 3 is 2.78 bits per heavy atom. The minimum Gasteiger partial charge on any atom is -0.389 e. The highest BCUT2D eigenvalue weighted by Crippen LogP contribution is 2.29. The number of piperidine rings is 1. The highest BCUT2D eigenvalue weighted by molar-refractivity contribution is 7.80. The molecule has 2 rings (SSSR count). The van der Waals surface area contributed by atoms with Gasteiger partial charge in [-0.05, 0) is 44.7 Å². The number of anilines is 1. The quantitative estimate of drug-likeness (QED) is 0.833. The molecule has 0 spiro atoms. The van der Waals surface area contributed by atoms with Gasteiger partial charge >= 0.3 is 0 Å². The van der Waals surface area contributed by atoms with E-state index in [1.165, 1.54) is 12.8 Å². The summed E-state index contributed by atoms with van der Waals surface area (Å²) in [6, 6.07) is 4.45. The molecule has 1 aromatic heterocycles. The van der Waals surface area contributed by atoms with Crippen LogP contribution in [0.25, 0.3) is 0 Å².